The van der Waals surface area contributed by atoms with Gasteiger partial charge in [0.1, 0.15) is 51.0 Å². The molecule has 456 valence electrons. The molecule has 0 aliphatic heterocycles. The maximum Gasteiger partial charge on any atom is 0.167 e. The number of rotatable bonds is 9. The molecule has 0 saturated heterocycles. The minimum absolute atomic E-state index is 0.601. The number of hydrogen-bond donors (Lipinski definition) is 0. The number of aryl methyl sites for hydroxylation is 3. The van der Waals surface area contributed by atoms with E-state index in [1.54, 1.807) is 18.6 Å². The molecule has 0 aliphatic carbocycles. The number of benzene rings is 9. The second-order valence-electron chi connectivity index (χ2n) is 22.9. The molecule has 15 nitrogen and oxygen atoms in total. The number of nitrogens with zero attached hydrogens (tertiary/aromatic N) is 12. The van der Waals surface area contributed by atoms with Crippen LogP contribution < -0.4 is 0 Å². The van der Waals surface area contributed by atoms with Gasteiger partial charge < -0.3 is 13.3 Å². The van der Waals surface area contributed by atoms with Gasteiger partial charge in [0, 0.05) is 103 Å². The smallest absolute Gasteiger partial charge is 0.167 e. The predicted molar refractivity (Wildman–Crippen MR) is 378 cm³/mol. The van der Waals surface area contributed by atoms with E-state index in [1.807, 2.05) is 209 Å². The molecule has 0 bridgehead atoms. The van der Waals surface area contributed by atoms with E-state index in [4.69, 9.17) is 28.2 Å². The Labute approximate surface area is 549 Å². The average molecular weight is 1240 g/mol. The number of para-hydroxylation sites is 4. The van der Waals surface area contributed by atoms with Crippen LogP contribution in [-0.4, -0.2) is 59.8 Å². The monoisotopic (exact) mass is 1240 g/mol. The molecule has 9 aromatic heterocycles. The molecule has 18 aromatic rings. The summed E-state index contributed by atoms with van der Waals surface area (Å²) < 4.78 is 18.2. The lowest BCUT2D eigenvalue weighted by Crippen LogP contribution is -1.99. The van der Waals surface area contributed by atoms with Crippen LogP contribution in [0.2, 0.25) is 0 Å². The number of hydrogen-bond acceptors (Lipinski definition) is 15. The topological polar surface area (TPSA) is 194 Å². The Morgan fingerprint density at radius 1 is 0.229 bits per heavy atom. The maximum atomic E-state index is 6.19. The van der Waals surface area contributed by atoms with Crippen molar-refractivity contribution in [2.45, 2.75) is 20.8 Å². The Bertz CT molecular complexity index is 5880. The van der Waals surface area contributed by atoms with Crippen LogP contribution in [0.5, 0.6) is 0 Å². The summed E-state index contributed by atoms with van der Waals surface area (Å²) in [5, 5.41) is 6.35. The molecule has 0 atom stereocenters. The van der Waals surface area contributed by atoms with Gasteiger partial charge in [-0.25, -0.2) is 44.9 Å². The SMILES string of the molecule is Cc1nc(-c2ccc(-c3cccnc3)cc2)nc(-c2ccc3oc4ccccc4c3c2)n1.Cc1nc(-c2ccc(-c3cccnc3)cc2)nc(-c2cccc3oc4ccccc4c23)n1.Cc1nc(-c2cccc(-c3cccnc3)c2)nc(-c2cccc3c2oc2ccccc23)n1. The lowest BCUT2D eigenvalue weighted by Gasteiger charge is -2.08. The van der Waals surface area contributed by atoms with E-state index in [2.05, 4.69) is 112 Å². The molecule has 0 saturated carbocycles. The van der Waals surface area contributed by atoms with Gasteiger partial charge in [-0.15, -0.1) is 0 Å². The van der Waals surface area contributed by atoms with Crippen molar-refractivity contribution in [2.75, 3.05) is 0 Å². The minimum atomic E-state index is 0.601. The van der Waals surface area contributed by atoms with Gasteiger partial charge in [-0.05, 0) is 121 Å². The predicted octanol–water partition coefficient (Wildman–Crippen LogP) is 19.4. The average Bonchev–Trinajstić information content (AvgIpc) is 1.57. The molecule has 0 spiro atoms. The summed E-state index contributed by atoms with van der Waals surface area (Å²) in [7, 11) is 0. The largest absolute Gasteiger partial charge is 0.456 e. The van der Waals surface area contributed by atoms with Crippen LogP contribution in [0, 0.1) is 20.8 Å². The highest BCUT2D eigenvalue weighted by molar-refractivity contribution is 6.12. The van der Waals surface area contributed by atoms with E-state index >= 15 is 0 Å². The lowest BCUT2D eigenvalue weighted by atomic mass is 10.0. The highest BCUT2D eigenvalue weighted by atomic mass is 16.3. The fraction of sp³-hybridized carbons (Fsp3) is 0.0370. The van der Waals surface area contributed by atoms with Crippen LogP contribution in [-0.2, 0) is 0 Å². The second kappa shape index (κ2) is 25.2. The first-order valence-electron chi connectivity index (χ1n) is 31.2. The van der Waals surface area contributed by atoms with Crippen molar-refractivity contribution in [3.05, 3.63) is 291 Å². The molecule has 96 heavy (non-hydrogen) atoms. The highest BCUT2D eigenvalue weighted by Crippen LogP contribution is 2.39. The summed E-state index contributed by atoms with van der Waals surface area (Å²) >= 11 is 0. The summed E-state index contributed by atoms with van der Waals surface area (Å²) in [5.74, 6) is 5.83. The lowest BCUT2D eigenvalue weighted by molar-refractivity contribution is 0.668. The molecule has 0 unspecified atom stereocenters. The third-order valence-corrected chi connectivity index (χ3v) is 16.6. The zero-order valence-corrected chi connectivity index (χ0v) is 52.1. The highest BCUT2D eigenvalue weighted by Gasteiger charge is 2.20. The van der Waals surface area contributed by atoms with Gasteiger partial charge in [-0.2, -0.15) is 0 Å². The summed E-state index contributed by atoms with van der Waals surface area (Å²) in [6.45, 7) is 5.68. The molecule has 0 fully saturated rings. The zero-order valence-electron chi connectivity index (χ0n) is 52.1. The first-order valence-corrected chi connectivity index (χ1v) is 31.2. The van der Waals surface area contributed by atoms with Gasteiger partial charge in [0.15, 0.2) is 34.9 Å². The molecule has 0 aliphatic rings. The van der Waals surface area contributed by atoms with Crippen LogP contribution in [0.1, 0.15) is 17.5 Å². The molecule has 9 heterocycles. The van der Waals surface area contributed by atoms with Crippen molar-refractivity contribution in [1.29, 1.82) is 0 Å². The summed E-state index contributed by atoms with van der Waals surface area (Å²) in [4.78, 5) is 54.8. The Balaban J connectivity index is 0.000000113. The standard InChI is InChI=1S/3C27H18N4O/c1-17-29-26(19-8-4-7-18(15-19)20-9-6-14-28-16-20)31-27(30-17)23-12-5-11-22-21-10-2-3-13-24(21)32-25(22)23;1-17-29-26(19-13-11-18(12-14-19)20-6-5-15-28-16-20)31-27(30-17)22-8-4-10-24-25(22)21-7-2-3-9-23(21)32-24;1-17-29-26(19-10-8-18(9-11-19)21-5-4-14-28-16-21)31-27(30-17)20-12-13-25-23(15-20)22-6-2-3-7-24(22)32-25/h3*2-16H,1H3. The second-order valence-corrected chi connectivity index (χ2v) is 22.9. The van der Waals surface area contributed by atoms with E-state index in [0.717, 1.165) is 133 Å². The van der Waals surface area contributed by atoms with Crippen molar-refractivity contribution in [3.63, 3.8) is 0 Å². The van der Waals surface area contributed by atoms with Crippen molar-refractivity contribution in [2.24, 2.45) is 0 Å². The third-order valence-electron chi connectivity index (χ3n) is 16.6. The van der Waals surface area contributed by atoms with Crippen LogP contribution in [0.3, 0.4) is 0 Å². The van der Waals surface area contributed by atoms with Crippen LogP contribution in [0.25, 0.3) is 168 Å². The molecular weight excluding hydrogens is 1190 g/mol. The van der Waals surface area contributed by atoms with E-state index in [0.29, 0.717) is 52.4 Å². The van der Waals surface area contributed by atoms with E-state index in [-0.39, 0.29) is 0 Å². The Hall–Kier alpha value is -13.1. The maximum absolute atomic E-state index is 6.19. The van der Waals surface area contributed by atoms with Gasteiger partial charge in [0.05, 0.1) is 5.56 Å². The Morgan fingerprint density at radius 2 is 0.604 bits per heavy atom. The fourth-order valence-electron chi connectivity index (χ4n) is 12.0. The molecule has 0 radical (unpaired) electrons. The van der Waals surface area contributed by atoms with Gasteiger partial charge in [0.25, 0.3) is 0 Å². The van der Waals surface area contributed by atoms with Crippen LogP contribution >= 0.6 is 0 Å². The Kier molecular flexibility index (Phi) is 15.2. The molecule has 0 amide bonds. The van der Waals surface area contributed by atoms with Crippen molar-refractivity contribution >= 4 is 65.8 Å². The van der Waals surface area contributed by atoms with Gasteiger partial charge in [-0.3, -0.25) is 15.0 Å². The van der Waals surface area contributed by atoms with Crippen LogP contribution in [0.15, 0.2) is 287 Å². The van der Waals surface area contributed by atoms with E-state index < -0.39 is 0 Å². The van der Waals surface area contributed by atoms with E-state index in [1.165, 1.54) is 0 Å². The molecule has 15 heteroatoms. The normalized spacial score (nSPS) is 11.3. The first kappa shape index (κ1) is 58.0. The minimum Gasteiger partial charge on any atom is -0.456 e. The van der Waals surface area contributed by atoms with Crippen molar-refractivity contribution in [1.82, 2.24) is 59.8 Å². The quantitative estimate of drug-likeness (QED) is 0.132. The third kappa shape index (κ3) is 11.6. The van der Waals surface area contributed by atoms with Gasteiger partial charge in [-0.1, -0.05) is 164 Å². The van der Waals surface area contributed by atoms with Gasteiger partial charge in [0.2, 0.25) is 0 Å². The number of pyridine rings is 3. The van der Waals surface area contributed by atoms with Gasteiger partial charge >= 0.3 is 0 Å². The molecular formula is C81H54N12O3. The molecule has 0 N–H and O–H groups in total. The summed E-state index contributed by atoms with van der Waals surface area (Å²) in [6, 6.07) is 78.8. The van der Waals surface area contributed by atoms with Crippen molar-refractivity contribution in [3.8, 4) is 102 Å². The summed E-state index contributed by atoms with van der Waals surface area (Å²) in [6.07, 6.45) is 10.9. The molecule has 9 aromatic carbocycles. The number of aromatic nitrogens is 12. The zero-order chi connectivity index (χ0) is 64.5. The number of fused-ring (bicyclic) bond motifs is 9. The Morgan fingerprint density at radius 3 is 1.19 bits per heavy atom. The van der Waals surface area contributed by atoms with Crippen molar-refractivity contribution < 1.29 is 13.3 Å². The fourth-order valence-corrected chi connectivity index (χ4v) is 12.0. The van der Waals surface area contributed by atoms with Crippen LogP contribution in [0.4, 0.5) is 0 Å². The van der Waals surface area contributed by atoms with E-state index in [9.17, 15) is 0 Å². The molecule has 18 rings (SSSR count). The number of furan rings is 3. The first-order chi connectivity index (χ1) is 47.3. The summed E-state index contributed by atoms with van der Waals surface area (Å²) in [5.41, 5.74) is 17.0.